The third-order valence-electron chi connectivity index (χ3n) is 4.72. The lowest BCUT2D eigenvalue weighted by Gasteiger charge is -2.36. The van der Waals surface area contributed by atoms with Crippen LogP contribution >= 0.6 is 0 Å². The number of rotatable bonds is 4. The van der Waals surface area contributed by atoms with Crippen molar-refractivity contribution in [2.75, 3.05) is 37.7 Å². The van der Waals surface area contributed by atoms with Gasteiger partial charge in [0.2, 0.25) is 10.0 Å². The number of ether oxygens (including phenoxy) is 1. The molecule has 23 heavy (non-hydrogen) atoms. The van der Waals surface area contributed by atoms with E-state index in [-0.39, 0.29) is 4.90 Å². The van der Waals surface area contributed by atoms with Crippen LogP contribution in [-0.2, 0) is 14.8 Å². The standard InChI is InChI=1S/C16H25N3O3S/c1-2-14-5-3-4-8-19(14)16-7-6-15(13-17-16)23(20,21)18-9-11-22-12-10-18/h6-7,13-14H,2-5,8-12H2,1H3. The molecule has 7 heteroatoms. The van der Waals surface area contributed by atoms with Crippen molar-refractivity contribution in [3.05, 3.63) is 18.3 Å². The summed E-state index contributed by atoms with van der Waals surface area (Å²) in [7, 11) is -3.46. The van der Waals surface area contributed by atoms with Gasteiger partial charge < -0.3 is 9.64 Å². The third-order valence-corrected chi connectivity index (χ3v) is 6.60. The Balaban J connectivity index is 1.78. The molecule has 0 amide bonds. The van der Waals surface area contributed by atoms with Gasteiger partial charge in [-0.05, 0) is 37.8 Å². The predicted octanol–water partition coefficient (Wildman–Crippen LogP) is 1.87. The van der Waals surface area contributed by atoms with Gasteiger partial charge in [0, 0.05) is 31.9 Å². The number of nitrogens with zero attached hydrogens (tertiary/aromatic N) is 3. The molecular formula is C16H25N3O3S. The van der Waals surface area contributed by atoms with E-state index in [1.165, 1.54) is 29.8 Å². The van der Waals surface area contributed by atoms with Crippen molar-refractivity contribution in [1.82, 2.24) is 9.29 Å². The van der Waals surface area contributed by atoms with E-state index >= 15 is 0 Å². The molecule has 0 aliphatic carbocycles. The van der Waals surface area contributed by atoms with E-state index in [9.17, 15) is 8.42 Å². The highest BCUT2D eigenvalue weighted by Crippen LogP contribution is 2.26. The lowest BCUT2D eigenvalue weighted by molar-refractivity contribution is 0.0730. The molecule has 1 aromatic heterocycles. The van der Waals surface area contributed by atoms with Gasteiger partial charge in [-0.25, -0.2) is 13.4 Å². The summed E-state index contributed by atoms with van der Waals surface area (Å²) in [5, 5.41) is 0. The first-order valence-corrected chi connectivity index (χ1v) is 9.87. The average molecular weight is 339 g/mol. The number of hydrogen-bond donors (Lipinski definition) is 0. The maximum atomic E-state index is 12.6. The van der Waals surface area contributed by atoms with Gasteiger partial charge in [-0.15, -0.1) is 0 Å². The number of morpholine rings is 1. The Morgan fingerprint density at radius 2 is 2.00 bits per heavy atom. The maximum Gasteiger partial charge on any atom is 0.244 e. The number of sulfonamides is 1. The molecule has 1 unspecified atom stereocenters. The molecule has 2 saturated heterocycles. The first-order valence-electron chi connectivity index (χ1n) is 8.43. The highest BCUT2D eigenvalue weighted by Gasteiger charge is 2.27. The second-order valence-electron chi connectivity index (χ2n) is 6.12. The molecule has 3 rings (SSSR count). The number of anilines is 1. The van der Waals surface area contributed by atoms with E-state index < -0.39 is 10.0 Å². The van der Waals surface area contributed by atoms with Crippen LogP contribution < -0.4 is 4.90 Å². The molecule has 0 radical (unpaired) electrons. The van der Waals surface area contributed by atoms with Crippen molar-refractivity contribution in [2.24, 2.45) is 0 Å². The number of hydrogen-bond acceptors (Lipinski definition) is 5. The summed E-state index contributed by atoms with van der Waals surface area (Å²) in [6.07, 6.45) is 6.22. The van der Waals surface area contributed by atoms with E-state index in [0.717, 1.165) is 18.8 Å². The van der Waals surface area contributed by atoms with Crippen molar-refractivity contribution in [1.29, 1.82) is 0 Å². The zero-order chi connectivity index (χ0) is 16.3. The van der Waals surface area contributed by atoms with Gasteiger partial charge in [0.05, 0.1) is 13.2 Å². The van der Waals surface area contributed by atoms with Crippen molar-refractivity contribution < 1.29 is 13.2 Å². The second kappa shape index (κ2) is 7.15. The summed E-state index contributed by atoms with van der Waals surface area (Å²) in [6, 6.07) is 4.05. The van der Waals surface area contributed by atoms with Gasteiger partial charge in [0.15, 0.2) is 0 Å². The smallest absolute Gasteiger partial charge is 0.244 e. The maximum absolute atomic E-state index is 12.6. The number of aromatic nitrogens is 1. The Bertz CT molecular complexity index is 612. The Morgan fingerprint density at radius 1 is 1.22 bits per heavy atom. The third kappa shape index (κ3) is 3.51. The van der Waals surface area contributed by atoms with Crippen molar-refractivity contribution >= 4 is 15.8 Å². The molecule has 1 atom stereocenters. The van der Waals surface area contributed by atoms with Crippen LogP contribution in [0.3, 0.4) is 0 Å². The minimum absolute atomic E-state index is 0.271. The highest BCUT2D eigenvalue weighted by atomic mass is 32.2. The largest absolute Gasteiger partial charge is 0.379 e. The van der Waals surface area contributed by atoms with Gasteiger partial charge in [0.25, 0.3) is 0 Å². The van der Waals surface area contributed by atoms with E-state index in [1.807, 2.05) is 6.07 Å². The van der Waals surface area contributed by atoms with Gasteiger partial charge in [-0.2, -0.15) is 4.31 Å². The predicted molar refractivity (Wildman–Crippen MR) is 89.1 cm³/mol. The topological polar surface area (TPSA) is 62.7 Å². The second-order valence-corrected chi connectivity index (χ2v) is 8.06. The summed E-state index contributed by atoms with van der Waals surface area (Å²) in [4.78, 5) is 7.04. The minimum atomic E-state index is -3.46. The van der Waals surface area contributed by atoms with E-state index in [0.29, 0.717) is 32.3 Å². The van der Waals surface area contributed by atoms with Crippen LogP contribution in [0.25, 0.3) is 0 Å². The molecule has 0 N–H and O–H groups in total. The van der Waals surface area contributed by atoms with Crippen LogP contribution in [-0.4, -0.2) is 56.6 Å². The zero-order valence-electron chi connectivity index (χ0n) is 13.6. The highest BCUT2D eigenvalue weighted by molar-refractivity contribution is 7.89. The molecule has 2 fully saturated rings. The number of pyridine rings is 1. The van der Waals surface area contributed by atoms with Gasteiger partial charge in [-0.3, -0.25) is 0 Å². The quantitative estimate of drug-likeness (QED) is 0.838. The monoisotopic (exact) mass is 339 g/mol. The van der Waals surface area contributed by atoms with E-state index in [4.69, 9.17) is 4.74 Å². The van der Waals surface area contributed by atoms with Crippen LogP contribution in [0, 0.1) is 0 Å². The molecule has 3 heterocycles. The Labute approximate surface area is 138 Å². The fourth-order valence-corrected chi connectivity index (χ4v) is 4.71. The molecule has 128 valence electrons. The van der Waals surface area contributed by atoms with Crippen molar-refractivity contribution in [3.8, 4) is 0 Å². The Hall–Kier alpha value is -1.18. The molecule has 6 nitrogen and oxygen atoms in total. The summed E-state index contributed by atoms with van der Waals surface area (Å²) < 4.78 is 31.9. The normalized spacial score (nSPS) is 23.9. The van der Waals surface area contributed by atoms with Gasteiger partial charge >= 0.3 is 0 Å². The molecule has 0 bridgehead atoms. The average Bonchev–Trinajstić information content (AvgIpc) is 2.62. The molecule has 0 aromatic carbocycles. The number of piperidine rings is 1. The van der Waals surface area contributed by atoms with E-state index in [1.54, 1.807) is 6.07 Å². The molecule has 1 aromatic rings. The molecule has 0 saturated carbocycles. The van der Waals surface area contributed by atoms with Crippen LogP contribution in [0.5, 0.6) is 0 Å². The van der Waals surface area contributed by atoms with Gasteiger partial charge in [0.1, 0.15) is 10.7 Å². The Morgan fingerprint density at radius 3 is 2.65 bits per heavy atom. The molecule has 0 spiro atoms. The van der Waals surface area contributed by atoms with Crippen molar-refractivity contribution in [2.45, 2.75) is 43.5 Å². The fraction of sp³-hybridized carbons (Fsp3) is 0.688. The molecule has 2 aliphatic heterocycles. The Kier molecular flexibility index (Phi) is 5.18. The fourth-order valence-electron chi connectivity index (χ4n) is 3.36. The first-order chi connectivity index (χ1) is 11.1. The van der Waals surface area contributed by atoms with Crippen LogP contribution in [0.4, 0.5) is 5.82 Å². The SMILES string of the molecule is CCC1CCCCN1c1ccc(S(=O)(=O)N2CCOCC2)cn1. The van der Waals surface area contributed by atoms with Gasteiger partial charge in [-0.1, -0.05) is 6.92 Å². The molecular weight excluding hydrogens is 314 g/mol. The lowest BCUT2D eigenvalue weighted by Crippen LogP contribution is -2.41. The minimum Gasteiger partial charge on any atom is -0.379 e. The zero-order valence-corrected chi connectivity index (χ0v) is 14.5. The van der Waals surface area contributed by atoms with Crippen LogP contribution in [0.2, 0.25) is 0 Å². The van der Waals surface area contributed by atoms with Crippen molar-refractivity contribution in [3.63, 3.8) is 0 Å². The summed E-state index contributed by atoms with van der Waals surface area (Å²) in [5.41, 5.74) is 0. The van der Waals surface area contributed by atoms with Crippen LogP contribution in [0.1, 0.15) is 32.6 Å². The summed E-state index contributed by atoms with van der Waals surface area (Å²) >= 11 is 0. The first kappa shape index (κ1) is 16.7. The summed E-state index contributed by atoms with van der Waals surface area (Å²) in [6.45, 7) is 4.93. The van der Waals surface area contributed by atoms with E-state index in [2.05, 4.69) is 16.8 Å². The van der Waals surface area contributed by atoms with Crippen LogP contribution in [0.15, 0.2) is 23.2 Å². The molecule has 2 aliphatic rings. The lowest BCUT2D eigenvalue weighted by atomic mass is 10.00. The summed E-state index contributed by atoms with van der Waals surface area (Å²) in [5.74, 6) is 0.887.